The summed E-state index contributed by atoms with van der Waals surface area (Å²) in [4.78, 5) is 17.2. The fourth-order valence-corrected chi connectivity index (χ4v) is 3.33. The van der Waals surface area contributed by atoms with Crippen molar-refractivity contribution >= 4 is 16.8 Å². The van der Waals surface area contributed by atoms with Crippen LogP contribution in [0, 0.1) is 13.8 Å². The van der Waals surface area contributed by atoms with Crippen LogP contribution in [0.3, 0.4) is 0 Å². The van der Waals surface area contributed by atoms with Crippen LogP contribution in [0.2, 0.25) is 0 Å². The Kier molecular flexibility index (Phi) is 5.64. The third-order valence-electron chi connectivity index (χ3n) is 4.73. The highest BCUT2D eigenvalue weighted by Gasteiger charge is 2.16. The molecule has 134 valence electrons. The summed E-state index contributed by atoms with van der Waals surface area (Å²) in [5, 5.41) is 13.6. The number of hydrogen-bond donors (Lipinski definition) is 2. The summed E-state index contributed by atoms with van der Waals surface area (Å²) >= 11 is 0. The lowest BCUT2D eigenvalue weighted by molar-refractivity contribution is -0.121. The number of aromatic nitrogens is 1. The molecule has 0 bridgehead atoms. The molecule has 0 aliphatic rings. The lowest BCUT2D eigenvalue weighted by Gasteiger charge is -2.18. The Morgan fingerprint density at radius 3 is 2.50 bits per heavy atom. The molecular weight excluding hydrogens is 324 g/mol. The van der Waals surface area contributed by atoms with Gasteiger partial charge in [0.15, 0.2) is 0 Å². The maximum atomic E-state index is 12.6. The van der Waals surface area contributed by atoms with Gasteiger partial charge >= 0.3 is 0 Å². The quantitative estimate of drug-likeness (QED) is 0.719. The second-order valence-electron chi connectivity index (χ2n) is 6.63. The average Bonchev–Trinajstić information content (AvgIpc) is 2.65. The Balaban J connectivity index is 1.74. The number of aliphatic hydroxyl groups excluding tert-OH is 1. The first-order chi connectivity index (χ1) is 12.6. The first kappa shape index (κ1) is 18.1. The molecule has 1 aromatic heterocycles. The van der Waals surface area contributed by atoms with E-state index in [-0.39, 0.29) is 25.0 Å². The van der Waals surface area contributed by atoms with Crippen molar-refractivity contribution in [1.29, 1.82) is 0 Å². The Morgan fingerprint density at radius 1 is 1.08 bits per heavy atom. The maximum Gasteiger partial charge on any atom is 0.224 e. The van der Waals surface area contributed by atoms with Gasteiger partial charge in [0.1, 0.15) is 0 Å². The number of pyridine rings is 1. The summed E-state index contributed by atoms with van der Waals surface area (Å²) in [7, 11) is 0. The Morgan fingerprint density at radius 2 is 1.77 bits per heavy atom. The molecule has 2 N–H and O–H groups in total. The predicted octanol–water partition coefficient (Wildman–Crippen LogP) is 3.11. The van der Waals surface area contributed by atoms with E-state index < -0.39 is 0 Å². The zero-order chi connectivity index (χ0) is 18.5. The van der Waals surface area contributed by atoms with E-state index in [0.717, 1.165) is 33.3 Å². The van der Waals surface area contributed by atoms with Crippen molar-refractivity contribution < 1.29 is 9.90 Å². The molecule has 1 unspecified atom stereocenters. The second kappa shape index (κ2) is 8.11. The summed E-state index contributed by atoms with van der Waals surface area (Å²) < 4.78 is 0. The molecule has 3 aromatic rings. The lowest BCUT2D eigenvalue weighted by Crippen LogP contribution is -2.40. The van der Waals surface area contributed by atoms with Gasteiger partial charge in [-0.3, -0.25) is 9.78 Å². The third kappa shape index (κ3) is 4.09. The van der Waals surface area contributed by atoms with Gasteiger partial charge < -0.3 is 10.4 Å². The number of carbonyl (C=O) groups is 1. The van der Waals surface area contributed by atoms with Gasteiger partial charge in [0.2, 0.25) is 5.91 Å². The van der Waals surface area contributed by atoms with Gasteiger partial charge in [-0.05, 0) is 43.0 Å². The van der Waals surface area contributed by atoms with Crippen molar-refractivity contribution in [2.45, 2.75) is 32.7 Å². The molecule has 0 aliphatic heterocycles. The summed E-state index contributed by atoms with van der Waals surface area (Å²) in [6.07, 6.45) is 0.873. The molecule has 0 aliphatic carbocycles. The van der Waals surface area contributed by atoms with E-state index in [1.165, 1.54) is 0 Å². The molecule has 0 radical (unpaired) electrons. The minimum absolute atomic E-state index is 0.0887. The van der Waals surface area contributed by atoms with Crippen molar-refractivity contribution in [3.05, 3.63) is 77.0 Å². The van der Waals surface area contributed by atoms with Gasteiger partial charge in [-0.15, -0.1) is 0 Å². The molecule has 0 spiro atoms. The van der Waals surface area contributed by atoms with Crippen LogP contribution >= 0.6 is 0 Å². The number of fused-ring (bicyclic) bond motifs is 1. The summed E-state index contributed by atoms with van der Waals surface area (Å²) in [6, 6.07) is 17.5. The van der Waals surface area contributed by atoms with Crippen LogP contribution in [-0.2, 0) is 17.6 Å². The van der Waals surface area contributed by atoms with E-state index >= 15 is 0 Å². The number of nitrogens with one attached hydrogen (secondary N) is 1. The van der Waals surface area contributed by atoms with Gasteiger partial charge in [-0.25, -0.2) is 0 Å². The van der Waals surface area contributed by atoms with Crippen molar-refractivity contribution in [2.75, 3.05) is 6.61 Å². The Bertz CT molecular complexity index is 907. The number of nitrogens with zero attached hydrogens (tertiary/aromatic N) is 1. The first-order valence-electron chi connectivity index (χ1n) is 8.87. The highest BCUT2D eigenvalue weighted by Crippen LogP contribution is 2.22. The molecule has 0 saturated carbocycles. The largest absolute Gasteiger partial charge is 0.394 e. The lowest BCUT2D eigenvalue weighted by atomic mass is 9.99. The summed E-state index contributed by atoms with van der Waals surface area (Å²) in [5.41, 5.74) is 4.96. The van der Waals surface area contributed by atoms with Gasteiger partial charge in [0, 0.05) is 11.1 Å². The highest BCUT2D eigenvalue weighted by atomic mass is 16.3. The zero-order valence-electron chi connectivity index (χ0n) is 15.2. The molecular formula is C22H24N2O2. The number of rotatable bonds is 6. The fraction of sp³-hybridized carbons (Fsp3) is 0.273. The fourth-order valence-electron chi connectivity index (χ4n) is 3.33. The van der Waals surface area contributed by atoms with Gasteiger partial charge in [-0.1, -0.05) is 48.5 Å². The number of hydrogen-bond acceptors (Lipinski definition) is 3. The topological polar surface area (TPSA) is 62.2 Å². The smallest absolute Gasteiger partial charge is 0.224 e. The minimum atomic E-state index is -0.293. The highest BCUT2D eigenvalue weighted by molar-refractivity contribution is 5.86. The van der Waals surface area contributed by atoms with Crippen LogP contribution in [0.4, 0.5) is 0 Å². The SMILES string of the molecule is Cc1nc2ccccc2c(C)c1CC(=O)NC(CO)Cc1ccccc1. The van der Waals surface area contributed by atoms with Gasteiger partial charge in [-0.2, -0.15) is 0 Å². The van der Waals surface area contributed by atoms with Crippen molar-refractivity contribution in [1.82, 2.24) is 10.3 Å². The summed E-state index contributed by atoms with van der Waals surface area (Å²) in [6.45, 7) is 3.89. The number of aliphatic hydroxyl groups is 1. The molecule has 1 heterocycles. The van der Waals surface area contributed by atoms with Crippen LogP contribution in [0.5, 0.6) is 0 Å². The molecule has 4 heteroatoms. The van der Waals surface area contributed by atoms with Crippen molar-refractivity contribution in [2.24, 2.45) is 0 Å². The molecule has 0 fully saturated rings. The van der Waals surface area contributed by atoms with E-state index in [0.29, 0.717) is 6.42 Å². The molecule has 1 atom stereocenters. The van der Waals surface area contributed by atoms with E-state index in [9.17, 15) is 9.90 Å². The molecule has 0 saturated heterocycles. The second-order valence-corrected chi connectivity index (χ2v) is 6.63. The van der Waals surface area contributed by atoms with Crippen LogP contribution < -0.4 is 5.32 Å². The molecule has 1 amide bonds. The Labute approximate surface area is 153 Å². The Hall–Kier alpha value is -2.72. The van der Waals surface area contributed by atoms with E-state index in [4.69, 9.17) is 0 Å². The number of carbonyl (C=O) groups excluding carboxylic acids is 1. The average molecular weight is 348 g/mol. The standard InChI is InChI=1S/C22H24N2O2/c1-15-19-10-6-7-11-21(19)23-16(2)20(15)13-22(26)24-18(14-25)12-17-8-4-3-5-9-17/h3-11,18,25H,12-14H2,1-2H3,(H,24,26). The molecule has 4 nitrogen and oxygen atoms in total. The third-order valence-corrected chi connectivity index (χ3v) is 4.73. The minimum Gasteiger partial charge on any atom is -0.394 e. The predicted molar refractivity (Wildman–Crippen MR) is 104 cm³/mol. The summed E-state index contributed by atoms with van der Waals surface area (Å²) in [5.74, 6) is -0.0942. The number of amides is 1. The van der Waals surface area contributed by atoms with Crippen molar-refractivity contribution in [3.8, 4) is 0 Å². The molecule has 2 aromatic carbocycles. The number of benzene rings is 2. The number of aryl methyl sites for hydroxylation is 2. The van der Waals surface area contributed by atoms with Crippen LogP contribution in [0.15, 0.2) is 54.6 Å². The van der Waals surface area contributed by atoms with Crippen molar-refractivity contribution in [3.63, 3.8) is 0 Å². The maximum absolute atomic E-state index is 12.6. The van der Waals surface area contributed by atoms with Gasteiger partial charge in [0.05, 0.1) is 24.6 Å². The zero-order valence-corrected chi connectivity index (χ0v) is 15.2. The van der Waals surface area contributed by atoms with E-state index in [2.05, 4.69) is 10.3 Å². The normalized spacial score (nSPS) is 12.1. The van der Waals surface area contributed by atoms with Crippen LogP contribution in [0.25, 0.3) is 10.9 Å². The molecule has 26 heavy (non-hydrogen) atoms. The first-order valence-corrected chi connectivity index (χ1v) is 8.87. The van der Waals surface area contributed by atoms with Crippen LogP contribution in [0.1, 0.15) is 22.4 Å². The monoisotopic (exact) mass is 348 g/mol. The van der Waals surface area contributed by atoms with E-state index in [1.807, 2.05) is 68.4 Å². The van der Waals surface area contributed by atoms with E-state index in [1.54, 1.807) is 0 Å². The van der Waals surface area contributed by atoms with Gasteiger partial charge in [0.25, 0.3) is 0 Å². The van der Waals surface area contributed by atoms with Crippen LogP contribution in [-0.4, -0.2) is 28.6 Å². The molecule has 3 rings (SSSR count). The number of para-hydroxylation sites is 1.